The van der Waals surface area contributed by atoms with E-state index in [4.69, 9.17) is 18.6 Å². The van der Waals surface area contributed by atoms with Gasteiger partial charge in [-0.1, -0.05) is 100 Å². The first-order valence-corrected chi connectivity index (χ1v) is 18.6. The minimum atomic E-state index is -3.06. The summed E-state index contributed by atoms with van der Waals surface area (Å²) in [6, 6.07) is 28.3. The van der Waals surface area contributed by atoms with Crippen molar-refractivity contribution < 1.29 is 33.0 Å². The fourth-order valence-electron chi connectivity index (χ4n) is 8.22. The summed E-state index contributed by atoms with van der Waals surface area (Å²) in [5.74, 6) is -1.65. The van der Waals surface area contributed by atoms with Gasteiger partial charge in [0, 0.05) is 31.3 Å². The van der Waals surface area contributed by atoms with Crippen molar-refractivity contribution in [2.45, 2.75) is 71.1 Å². The first kappa shape index (κ1) is 34.7. The topological polar surface area (TPSA) is 88.1 Å². The second-order valence-corrected chi connectivity index (χ2v) is 18.3. The number of hydrogen-bond acceptors (Lipinski definition) is 7. The maximum absolute atomic E-state index is 14.3. The molecule has 3 aromatic carbocycles. The SMILES string of the molecule is COC(=O)[C@@]12C(=O)CC[C@@H](O[Si](c3ccccc3)(c3ccccc3)C(C)(C)C)[C@@H]1CC(=O)[C@@H](C)[C@H]2CCOCc1ccc(OC)cc1. The van der Waals surface area contributed by atoms with Crippen molar-refractivity contribution in [2.24, 2.45) is 23.2 Å². The molecular weight excluding hydrogens is 609 g/mol. The van der Waals surface area contributed by atoms with E-state index in [1.807, 2.05) is 67.6 Å². The van der Waals surface area contributed by atoms with Crippen LogP contribution in [0.4, 0.5) is 0 Å². The smallest absolute Gasteiger partial charge is 0.320 e. The van der Waals surface area contributed by atoms with Gasteiger partial charge >= 0.3 is 5.97 Å². The lowest BCUT2D eigenvalue weighted by atomic mass is 9.49. The number of benzene rings is 3. The Morgan fingerprint density at radius 3 is 2.02 bits per heavy atom. The fourth-order valence-corrected chi connectivity index (χ4v) is 13.0. The van der Waals surface area contributed by atoms with Crippen molar-refractivity contribution in [3.05, 3.63) is 90.5 Å². The molecule has 0 heterocycles. The first-order chi connectivity index (χ1) is 22.5. The third-order valence-corrected chi connectivity index (χ3v) is 15.6. The molecule has 0 radical (unpaired) electrons. The predicted molar refractivity (Wildman–Crippen MR) is 184 cm³/mol. The van der Waals surface area contributed by atoms with Crippen LogP contribution in [-0.4, -0.2) is 52.8 Å². The molecule has 3 aromatic rings. The third-order valence-electron chi connectivity index (χ3n) is 10.5. The zero-order chi connectivity index (χ0) is 33.8. The van der Waals surface area contributed by atoms with Crippen LogP contribution in [0.15, 0.2) is 84.9 Å². The maximum atomic E-state index is 14.3. The van der Waals surface area contributed by atoms with Gasteiger partial charge in [-0.25, -0.2) is 0 Å². The average Bonchev–Trinajstić information content (AvgIpc) is 3.08. The van der Waals surface area contributed by atoms with E-state index in [2.05, 4.69) is 45.0 Å². The number of Topliss-reactive ketones (excluding diaryl/α,β-unsaturated/α-hetero) is 2. The number of methoxy groups -OCH3 is 2. The Kier molecular flexibility index (Phi) is 10.5. The minimum absolute atomic E-state index is 0.0421. The molecule has 0 saturated heterocycles. The molecule has 2 aliphatic rings. The number of esters is 1. The van der Waals surface area contributed by atoms with Gasteiger partial charge in [0.05, 0.1) is 26.9 Å². The molecule has 2 aliphatic carbocycles. The van der Waals surface area contributed by atoms with E-state index in [0.29, 0.717) is 19.4 Å². The molecule has 0 bridgehead atoms. The molecular formula is C39H48O7Si. The van der Waals surface area contributed by atoms with Crippen molar-refractivity contribution >= 4 is 36.2 Å². The van der Waals surface area contributed by atoms with Gasteiger partial charge in [-0.05, 0) is 51.9 Å². The number of ketones is 2. The normalized spacial score (nSPS) is 24.8. The lowest BCUT2D eigenvalue weighted by Gasteiger charge is -2.55. The summed E-state index contributed by atoms with van der Waals surface area (Å²) in [4.78, 5) is 42.2. The molecule has 0 aromatic heterocycles. The Morgan fingerprint density at radius 2 is 1.49 bits per heavy atom. The molecule has 0 spiro atoms. The van der Waals surface area contributed by atoms with Crippen molar-refractivity contribution in [1.29, 1.82) is 0 Å². The van der Waals surface area contributed by atoms with E-state index in [9.17, 15) is 14.4 Å². The van der Waals surface area contributed by atoms with Gasteiger partial charge in [0.2, 0.25) is 0 Å². The van der Waals surface area contributed by atoms with Crippen molar-refractivity contribution in [3.8, 4) is 5.75 Å². The van der Waals surface area contributed by atoms with Crippen LogP contribution in [0, 0.1) is 23.2 Å². The van der Waals surface area contributed by atoms with Gasteiger partial charge in [-0.2, -0.15) is 0 Å². The number of fused-ring (bicyclic) bond motifs is 1. The van der Waals surface area contributed by atoms with Crippen molar-refractivity contribution in [1.82, 2.24) is 0 Å². The largest absolute Gasteiger partial charge is 0.497 e. The molecule has 2 fully saturated rings. The number of hydrogen-bond donors (Lipinski definition) is 0. The van der Waals surface area contributed by atoms with E-state index in [1.54, 1.807) is 7.11 Å². The summed E-state index contributed by atoms with van der Waals surface area (Å²) >= 11 is 0. The lowest BCUT2D eigenvalue weighted by molar-refractivity contribution is -0.185. The molecule has 8 heteroatoms. The molecule has 5 rings (SSSR count). The monoisotopic (exact) mass is 656 g/mol. The molecule has 0 aliphatic heterocycles. The van der Waals surface area contributed by atoms with Gasteiger partial charge in [-0.3, -0.25) is 14.4 Å². The standard InChI is InChI=1S/C39H48O7Si/c1-27-32(23-24-45-26-28-17-19-29(43-5)20-18-28)39(37(42)44-6)33(25-34(27)40)35(21-22-36(39)41)46-47(38(2,3)4,30-13-9-7-10-14-30)31-15-11-8-12-16-31/h7-20,27,32-33,35H,21-26H2,1-6H3/t27-,32+,33-,35+,39+/m0/s1. The number of carbonyl (C=O) groups excluding carboxylic acids is 3. The second-order valence-electron chi connectivity index (χ2n) is 14.0. The Hall–Kier alpha value is -3.59. The number of carbonyl (C=O) groups is 3. The van der Waals surface area contributed by atoms with Crippen LogP contribution in [-0.2, 0) is 34.9 Å². The zero-order valence-electron chi connectivity index (χ0n) is 28.5. The third kappa shape index (κ3) is 6.35. The first-order valence-electron chi connectivity index (χ1n) is 16.6. The molecule has 0 unspecified atom stereocenters. The van der Waals surface area contributed by atoms with E-state index < -0.39 is 43.6 Å². The summed E-state index contributed by atoms with van der Waals surface area (Å²) in [5, 5.41) is 1.91. The summed E-state index contributed by atoms with van der Waals surface area (Å²) < 4.78 is 24.4. The van der Waals surface area contributed by atoms with Crippen LogP contribution in [0.2, 0.25) is 5.04 Å². The molecule has 250 valence electrons. The van der Waals surface area contributed by atoms with Crippen molar-refractivity contribution in [2.75, 3.05) is 20.8 Å². The van der Waals surface area contributed by atoms with E-state index in [1.165, 1.54) is 7.11 Å². The Labute approximate surface area is 280 Å². The van der Waals surface area contributed by atoms with Crippen LogP contribution >= 0.6 is 0 Å². The van der Waals surface area contributed by atoms with Crippen LogP contribution in [0.25, 0.3) is 0 Å². The van der Waals surface area contributed by atoms with Crippen LogP contribution in [0.1, 0.15) is 58.9 Å². The maximum Gasteiger partial charge on any atom is 0.320 e. The Balaban J connectivity index is 1.53. The molecule has 2 saturated carbocycles. The van der Waals surface area contributed by atoms with E-state index in [-0.39, 0.29) is 36.1 Å². The van der Waals surface area contributed by atoms with Crippen LogP contribution < -0.4 is 15.1 Å². The van der Waals surface area contributed by atoms with E-state index in [0.717, 1.165) is 21.7 Å². The summed E-state index contributed by atoms with van der Waals surface area (Å²) in [5.41, 5.74) is -0.522. The summed E-state index contributed by atoms with van der Waals surface area (Å²) in [7, 11) is -0.0940. The van der Waals surface area contributed by atoms with Gasteiger partial charge in [0.1, 0.15) is 16.9 Å². The van der Waals surface area contributed by atoms with E-state index >= 15 is 0 Å². The van der Waals surface area contributed by atoms with Gasteiger partial charge in [0.25, 0.3) is 8.32 Å². The highest BCUT2D eigenvalue weighted by molar-refractivity contribution is 6.99. The Bertz CT molecular complexity index is 1480. The van der Waals surface area contributed by atoms with Crippen molar-refractivity contribution in [3.63, 3.8) is 0 Å². The molecule has 5 atom stereocenters. The molecule has 47 heavy (non-hydrogen) atoms. The summed E-state index contributed by atoms with van der Waals surface area (Å²) in [6.07, 6.45) is 0.575. The fraction of sp³-hybridized carbons (Fsp3) is 0.462. The number of ether oxygens (including phenoxy) is 3. The highest BCUT2D eigenvalue weighted by Crippen LogP contribution is 2.56. The quantitative estimate of drug-likeness (QED) is 0.110. The van der Waals surface area contributed by atoms with Gasteiger partial charge in [0.15, 0.2) is 5.78 Å². The van der Waals surface area contributed by atoms with Crippen LogP contribution in [0.3, 0.4) is 0 Å². The highest BCUT2D eigenvalue weighted by atomic mass is 28.4. The highest BCUT2D eigenvalue weighted by Gasteiger charge is 2.67. The Morgan fingerprint density at radius 1 is 0.894 bits per heavy atom. The second kappa shape index (κ2) is 14.3. The molecule has 0 amide bonds. The number of rotatable bonds is 11. The molecule has 7 nitrogen and oxygen atoms in total. The summed E-state index contributed by atoms with van der Waals surface area (Å²) in [6.45, 7) is 9.11. The molecule has 0 N–H and O–H groups in total. The zero-order valence-corrected chi connectivity index (χ0v) is 29.5. The average molecular weight is 657 g/mol. The predicted octanol–water partition coefficient (Wildman–Crippen LogP) is 5.91. The lowest BCUT2D eigenvalue weighted by Crippen LogP contribution is -2.71. The van der Waals surface area contributed by atoms with Gasteiger partial charge in [-0.15, -0.1) is 0 Å². The van der Waals surface area contributed by atoms with Crippen LogP contribution in [0.5, 0.6) is 5.75 Å². The van der Waals surface area contributed by atoms with Gasteiger partial charge < -0.3 is 18.6 Å². The minimum Gasteiger partial charge on any atom is -0.497 e.